The topological polar surface area (TPSA) is 123 Å². The Morgan fingerprint density at radius 1 is 1.06 bits per heavy atom. The maximum absolute atomic E-state index is 12.8. The van der Waals surface area contributed by atoms with Crippen LogP contribution in [0.1, 0.15) is 41.4 Å². The molecule has 1 aliphatic rings. The van der Waals surface area contributed by atoms with Crippen LogP contribution in [0.3, 0.4) is 0 Å². The molecule has 0 saturated carbocycles. The van der Waals surface area contributed by atoms with Crippen molar-refractivity contribution in [3.8, 4) is 11.1 Å². The number of carbonyl (C=O) groups excluding carboxylic acids is 2. The molecule has 2 aromatic carbocycles. The van der Waals surface area contributed by atoms with Crippen LogP contribution in [0.25, 0.3) is 11.1 Å². The number of hydrogen-bond acceptors (Lipinski definition) is 5. The van der Waals surface area contributed by atoms with Crippen LogP contribution < -0.4 is 10.6 Å². The quantitative estimate of drug-likeness (QED) is 0.493. The summed E-state index contributed by atoms with van der Waals surface area (Å²) in [6.45, 7) is 3.71. The fraction of sp³-hybridized carbons (Fsp3) is 0.280. The van der Waals surface area contributed by atoms with E-state index < -0.39 is 24.0 Å². The molecule has 176 valence electrons. The van der Waals surface area contributed by atoms with E-state index in [-0.39, 0.29) is 30.0 Å². The monoisotopic (exact) mass is 462 g/mol. The van der Waals surface area contributed by atoms with Crippen LogP contribution in [0.4, 0.5) is 10.6 Å². The van der Waals surface area contributed by atoms with Crippen molar-refractivity contribution in [2.45, 2.75) is 25.8 Å². The summed E-state index contributed by atoms with van der Waals surface area (Å²) in [5, 5.41) is 18.3. The normalized spacial score (nSPS) is 13.2. The lowest BCUT2D eigenvalue weighted by Gasteiger charge is -2.22. The number of anilines is 1. The molecule has 0 aliphatic heterocycles. The van der Waals surface area contributed by atoms with Gasteiger partial charge in [-0.3, -0.25) is 9.48 Å². The van der Waals surface area contributed by atoms with Crippen LogP contribution in [-0.2, 0) is 16.6 Å². The number of carboxylic acids is 1. The van der Waals surface area contributed by atoms with Gasteiger partial charge in [0.1, 0.15) is 18.3 Å². The second-order valence-electron chi connectivity index (χ2n) is 8.52. The Labute approximate surface area is 196 Å². The Morgan fingerprint density at radius 2 is 1.65 bits per heavy atom. The molecule has 0 spiro atoms. The van der Waals surface area contributed by atoms with E-state index in [0.29, 0.717) is 0 Å². The second kappa shape index (κ2) is 9.38. The van der Waals surface area contributed by atoms with Crippen LogP contribution in [0, 0.1) is 5.92 Å². The molecule has 9 heteroatoms. The number of aromatic nitrogens is 2. The minimum absolute atomic E-state index is 0.0686. The first kappa shape index (κ1) is 23.0. The maximum Gasteiger partial charge on any atom is 0.407 e. The van der Waals surface area contributed by atoms with Crippen LogP contribution in [-0.4, -0.2) is 45.5 Å². The van der Waals surface area contributed by atoms with E-state index in [9.17, 15) is 14.4 Å². The molecule has 9 nitrogen and oxygen atoms in total. The summed E-state index contributed by atoms with van der Waals surface area (Å²) in [7, 11) is 1.47. The van der Waals surface area contributed by atoms with Gasteiger partial charge in [-0.25, -0.2) is 9.59 Å². The number of alkyl carbamates (subject to hydrolysis) is 1. The third-order valence-electron chi connectivity index (χ3n) is 5.92. The molecule has 3 N–H and O–H groups in total. The van der Waals surface area contributed by atoms with Crippen LogP contribution in [0.5, 0.6) is 0 Å². The molecule has 4 rings (SSSR count). The van der Waals surface area contributed by atoms with Crippen LogP contribution in [0.15, 0.2) is 54.6 Å². The molecule has 0 radical (unpaired) electrons. The van der Waals surface area contributed by atoms with Gasteiger partial charge < -0.3 is 20.5 Å². The number of amides is 2. The Kier molecular flexibility index (Phi) is 6.36. The van der Waals surface area contributed by atoms with Crippen molar-refractivity contribution in [1.82, 2.24) is 15.1 Å². The molecule has 34 heavy (non-hydrogen) atoms. The van der Waals surface area contributed by atoms with Gasteiger partial charge in [0, 0.05) is 19.0 Å². The number of nitrogens with one attached hydrogen (secondary N) is 2. The number of hydrogen-bond donors (Lipinski definition) is 3. The zero-order valence-corrected chi connectivity index (χ0v) is 19.1. The van der Waals surface area contributed by atoms with Crippen molar-refractivity contribution in [3.63, 3.8) is 0 Å². The van der Waals surface area contributed by atoms with Crippen molar-refractivity contribution in [3.05, 3.63) is 71.4 Å². The standard InChI is InChI=1S/C25H26N4O5/c1-14(2)22(23(30)26-21-12-20(24(31)32)29(3)28-21)27-25(33)34-13-19-17-10-6-4-8-15(17)16-9-5-7-11-18(16)19/h4-12,14,19,22H,13H2,1-3H3,(H,27,33)(H,31,32)(H,26,28,30)/t22-/m1/s1. The second-order valence-corrected chi connectivity index (χ2v) is 8.52. The lowest BCUT2D eigenvalue weighted by atomic mass is 9.98. The molecule has 1 aliphatic carbocycles. The van der Waals surface area contributed by atoms with E-state index in [1.165, 1.54) is 13.1 Å². The first-order chi connectivity index (χ1) is 16.3. The maximum atomic E-state index is 12.8. The van der Waals surface area contributed by atoms with Gasteiger partial charge in [0.25, 0.3) is 0 Å². The van der Waals surface area contributed by atoms with E-state index in [4.69, 9.17) is 9.84 Å². The summed E-state index contributed by atoms with van der Waals surface area (Å²) in [6.07, 6.45) is -0.706. The number of ether oxygens (including phenoxy) is 1. The zero-order valence-electron chi connectivity index (χ0n) is 19.1. The number of rotatable bonds is 7. The minimum atomic E-state index is -1.16. The SMILES string of the molecule is CC(C)[C@@H](NC(=O)OCC1c2ccccc2-c2ccccc21)C(=O)Nc1cc(C(=O)O)n(C)n1. The Bertz CT molecular complexity index is 1200. The minimum Gasteiger partial charge on any atom is -0.477 e. The van der Waals surface area contributed by atoms with E-state index in [2.05, 4.69) is 27.9 Å². The lowest BCUT2D eigenvalue weighted by Crippen LogP contribution is -2.47. The Balaban J connectivity index is 1.41. The predicted molar refractivity (Wildman–Crippen MR) is 126 cm³/mol. The van der Waals surface area contributed by atoms with Gasteiger partial charge in [0.2, 0.25) is 5.91 Å². The van der Waals surface area contributed by atoms with Gasteiger partial charge >= 0.3 is 12.1 Å². The highest BCUT2D eigenvalue weighted by atomic mass is 16.5. The zero-order chi connectivity index (χ0) is 24.4. The van der Waals surface area contributed by atoms with E-state index in [1.54, 1.807) is 13.8 Å². The van der Waals surface area contributed by atoms with E-state index >= 15 is 0 Å². The fourth-order valence-corrected chi connectivity index (χ4v) is 4.23. The van der Waals surface area contributed by atoms with Crippen LogP contribution >= 0.6 is 0 Å². The summed E-state index contributed by atoms with van der Waals surface area (Å²) in [5.74, 6) is -1.92. The van der Waals surface area contributed by atoms with Gasteiger partial charge in [-0.05, 0) is 28.2 Å². The molecule has 1 heterocycles. The van der Waals surface area contributed by atoms with Crippen molar-refractivity contribution in [1.29, 1.82) is 0 Å². The molecular weight excluding hydrogens is 436 g/mol. The highest BCUT2D eigenvalue weighted by molar-refractivity contribution is 5.97. The Morgan fingerprint density at radius 3 is 2.18 bits per heavy atom. The first-order valence-electron chi connectivity index (χ1n) is 11.0. The van der Waals surface area contributed by atoms with E-state index in [0.717, 1.165) is 26.9 Å². The van der Waals surface area contributed by atoms with Crippen molar-refractivity contribution >= 4 is 23.8 Å². The van der Waals surface area contributed by atoms with Gasteiger partial charge in [-0.1, -0.05) is 62.4 Å². The van der Waals surface area contributed by atoms with Gasteiger partial charge in [0.15, 0.2) is 5.82 Å². The van der Waals surface area contributed by atoms with E-state index in [1.807, 2.05) is 36.4 Å². The fourth-order valence-electron chi connectivity index (χ4n) is 4.23. The molecule has 0 unspecified atom stereocenters. The summed E-state index contributed by atoms with van der Waals surface area (Å²) >= 11 is 0. The molecular formula is C25H26N4O5. The molecule has 0 bridgehead atoms. The number of carbonyl (C=O) groups is 3. The van der Waals surface area contributed by atoms with Gasteiger partial charge in [-0.15, -0.1) is 0 Å². The Hall–Kier alpha value is -4.14. The molecule has 3 aromatic rings. The summed E-state index contributed by atoms with van der Waals surface area (Å²) in [4.78, 5) is 36.6. The first-order valence-corrected chi connectivity index (χ1v) is 11.0. The number of aryl methyl sites for hydroxylation is 1. The average molecular weight is 463 g/mol. The third kappa shape index (κ3) is 4.50. The largest absolute Gasteiger partial charge is 0.477 e. The number of nitrogens with zero attached hydrogens (tertiary/aromatic N) is 2. The van der Waals surface area contributed by atoms with Gasteiger partial charge in [0.05, 0.1) is 0 Å². The molecule has 0 saturated heterocycles. The number of benzene rings is 2. The number of aromatic carboxylic acids is 1. The number of carboxylic acid groups (broad SMARTS) is 1. The molecule has 2 amide bonds. The summed E-state index contributed by atoms with van der Waals surface area (Å²) < 4.78 is 6.70. The summed E-state index contributed by atoms with van der Waals surface area (Å²) in [5.41, 5.74) is 4.38. The van der Waals surface area contributed by atoms with Crippen molar-refractivity contribution < 1.29 is 24.2 Å². The van der Waals surface area contributed by atoms with Crippen molar-refractivity contribution in [2.75, 3.05) is 11.9 Å². The van der Waals surface area contributed by atoms with Gasteiger partial charge in [-0.2, -0.15) is 5.10 Å². The molecule has 0 fully saturated rings. The average Bonchev–Trinajstić information content (AvgIpc) is 3.33. The lowest BCUT2D eigenvalue weighted by molar-refractivity contribution is -0.119. The molecule has 1 atom stereocenters. The highest BCUT2D eigenvalue weighted by Crippen LogP contribution is 2.44. The van der Waals surface area contributed by atoms with Crippen LogP contribution in [0.2, 0.25) is 0 Å². The smallest absolute Gasteiger partial charge is 0.407 e. The summed E-state index contributed by atoms with van der Waals surface area (Å²) in [6, 6.07) is 16.4. The molecule has 1 aromatic heterocycles. The number of fused-ring (bicyclic) bond motifs is 3. The highest BCUT2D eigenvalue weighted by Gasteiger charge is 2.30. The predicted octanol–water partition coefficient (Wildman–Crippen LogP) is 3.62. The third-order valence-corrected chi connectivity index (χ3v) is 5.92. The van der Waals surface area contributed by atoms with Crippen molar-refractivity contribution in [2.24, 2.45) is 13.0 Å².